The van der Waals surface area contributed by atoms with Crippen LogP contribution < -0.4 is 4.74 Å². The molecule has 3 nitrogen and oxygen atoms in total. The molecule has 0 N–H and O–H groups in total. The fourth-order valence-electron chi connectivity index (χ4n) is 2.21. The lowest BCUT2D eigenvalue weighted by molar-refractivity contribution is -0.153. The summed E-state index contributed by atoms with van der Waals surface area (Å²) in [5.41, 5.74) is 1.26. The molecule has 23 heavy (non-hydrogen) atoms. The smallest absolute Gasteiger partial charge is 0.422 e. The molecule has 2 aromatic heterocycles. The van der Waals surface area contributed by atoms with Gasteiger partial charge in [0.2, 0.25) is 5.88 Å². The molecule has 7 heteroatoms. The van der Waals surface area contributed by atoms with Crippen LogP contribution in [-0.2, 0) is 0 Å². The zero-order valence-electron chi connectivity index (χ0n) is 11.6. The largest absolute Gasteiger partial charge is 0.468 e. The number of nitrogens with zero attached hydrogens (tertiary/aromatic N) is 2. The zero-order chi connectivity index (χ0) is 16.4. The minimum atomic E-state index is -4.44. The Bertz CT molecular complexity index is 838. The average Bonchev–Trinajstić information content (AvgIpc) is 2.53. The SMILES string of the molecule is FC(F)(F)COc1ncc(-c2ccccn2)c2c(Cl)cccc12. The lowest BCUT2D eigenvalue weighted by atomic mass is 10.0. The molecule has 118 valence electrons. The van der Waals surface area contributed by atoms with Gasteiger partial charge in [0.1, 0.15) is 0 Å². The van der Waals surface area contributed by atoms with Gasteiger partial charge in [0.25, 0.3) is 0 Å². The summed E-state index contributed by atoms with van der Waals surface area (Å²) in [6.45, 7) is -1.41. The monoisotopic (exact) mass is 338 g/mol. The highest BCUT2D eigenvalue weighted by Crippen LogP contribution is 2.36. The number of benzene rings is 1. The Morgan fingerprint density at radius 1 is 1.04 bits per heavy atom. The molecule has 2 heterocycles. The number of alkyl halides is 3. The Balaban J connectivity index is 2.15. The highest BCUT2D eigenvalue weighted by atomic mass is 35.5. The summed E-state index contributed by atoms with van der Waals surface area (Å²) in [4.78, 5) is 8.24. The fraction of sp³-hybridized carbons (Fsp3) is 0.125. The van der Waals surface area contributed by atoms with E-state index < -0.39 is 12.8 Å². The highest BCUT2D eigenvalue weighted by Gasteiger charge is 2.29. The second-order valence-corrected chi connectivity index (χ2v) is 5.17. The van der Waals surface area contributed by atoms with Gasteiger partial charge < -0.3 is 4.74 Å². The van der Waals surface area contributed by atoms with Gasteiger partial charge >= 0.3 is 6.18 Å². The van der Waals surface area contributed by atoms with E-state index in [9.17, 15) is 13.2 Å². The Morgan fingerprint density at radius 2 is 1.87 bits per heavy atom. The van der Waals surface area contributed by atoms with Crippen LogP contribution in [-0.4, -0.2) is 22.8 Å². The molecule has 0 unspecified atom stereocenters. The van der Waals surface area contributed by atoms with Gasteiger partial charge in [-0.15, -0.1) is 0 Å². The first-order valence-electron chi connectivity index (χ1n) is 6.64. The maximum Gasteiger partial charge on any atom is 0.422 e. The topological polar surface area (TPSA) is 35.0 Å². The Morgan fingerprint density at radius 3 is 2.57 bits per heavy atom. The number of hydrogen-bond acceptors (Lipinski definition) is 3. The summed E-state index contributed by atoms with van der Waals surface area (Å²) in [5, 5.41) is 1.35. The molecule has 0 fully saturated rings. The first-order valence-corrected chi connectivity index (χ1v) is 7.02. The van der Waals surface area contributed by atoms with Crippen molar-refractivity contribution in [3.63, 3.8) is 0 Å². The van der Waals surface area contributed by atoms with Crippen LogP contribution in [0.3, 0.4) is 0 Å². The summed E-state index contributed by atoms with van der Waals surface area (Å²) in [6.07, 6.45) is -1.40. The third-order valence-corrected chi connectivity index (χ3v) is 3.45. The van der Waals surface area contributed by atoms with E-state index >= 15 is 0 Å². The van der Waals surface area contributed by atoms with E-state index in [1.807, 2.05) is 0 Å². The van der Waals surface area contributed by atoms with Crippen LogP contribution in [0.15, 0.2) is 48.8 Å². The van der Waals surface area contributed by atoms with Gasteiger partial charge in [0.05, 0.1) is 5.69 Å². The number of hydrogen-bond donors (Lipinski definition) is 0. The number of pyridine rings is 2. The molecule has 0 aliphatic heterocycles. The van der Waals surface area contributed by atoms with E-state index in [-0.39, 0.29) is 5.88 Å². The molecule has 0 bridgehead atoms. The van der Waals surface area contributed by atoms with Crippen molar-refractivity contribution in [3.8, 4) is 17.1 Å². The van der Waals surface area contributed by atoms with E-state index in [0.29, 0.717) is 27.1 Å². The van der Waals surface area contributed by atoms with E-state index in [0.717, 1.165) is 0 Å². The first kappa shape index (κ1) is 15.6. The second-order valence-electron chi connectivity index (χ2n) is 4.76. The molecular formula is C16H10ClF3N2O. The lowest BCUT2D eigenvalue weighted by Gasteiger charge is -2.13. The Kier molecular flexibility index (Phi) is 4.09. The van der Waals surface area contributed by atoms with Crippen LogP contribution in [0.5, 0.6) is 5.88 Å². The van der Waals surface area contributed by atoms with Crippen LogP contribution in [0.4, 0.5) is 13.2 Å². The van der Waals surface area contributed by atoms with Crippen molar-refractivity contribution in [2.75, 3.05) is 6.61 Å². The van der Waals surface area contributed by atoms with Gasteiger partial charge in [0, 0.05) is 33.8 Å². The lowest BCUT2D eigenvalue weighted by Crippen LogP contribution is -2.19. The summed E-state index contributed by atoms with van der Waals surface area (Å²) < 4.78 is 41.9. The molecule has 0 saturated carbocycles. The number of halogens is 4. The van der Waals surface area contributed by atoms with Gasteiger partial charge in [-0.1, -0.05) is 23.7 Å². The van der Waals surface area contributed by atoms with Crippen LogP contribution in [0, 0.1) is 0 Å². The third kappa shape index (κ3) is 3.37. The summed E-state index contributed by atoms with van der Waals surface area (Å²) >= 11 is 6.24. The van der Waals surface area contributed by atoms with Crippen LogP contribution in [0.25, 0.3) is 22.0 Å². The summed E-state index contributed by atoms with van der Waals surface area (Å²) in [7, 11) is 0. The predicted octanol–water partition coefficient (Wildman–Crippen LogP) is 4.89. The average molecular weight is 339 g/mol. The molecule has 0 radical (unpaired) electrons. The van der Waals surface area contributed by atoms with Crippen LogP contribution in [0.1, 0.15) is 0 Å². The van der Waals surface area contributed by atoms with Crippen molar-refractivity contribution in [1.82, 2.24) is 9.97 Å². The maximum absolute atomic E-state index is 12.4. The maximum atomic E-state index is 12.4. The molecule has 0 atom stereocenters. The standard InChI is InChI=1S/C16H10ClF3N2O/c17-12-5-3-4-10-14(12)11(13-6-1-2-7-21-13)8-22-15(10)23-9-16(18,19)20/h1-8H,9H2. The molecule has 3 rings (SSSR count). The van der Waals surface area contributed by atoms with Gasteiger partial charge in [-0.2, -0.15) is 13.2 Å². The Labute approximate surface area is 134 Å². The molecule has 3 aromatic rings. The molecule has 0 aliphatic rings. The molecule has 0 amide bonds. The number of rotatable bonds is 3. The highest BCUT2D eigenvalue weighted by molar-refractivity contribution is 6.36. The van der Waals surface area contributed by atoms with Crippen molar-refractivity contribution in [1.29, 1.82) is 0 Å². The van der Waals surface area contributed by atoms with Crippen molar-refractivity contribution >= 4 is 22.4 Å². The summed E-state index contributed by atoms with van der Waals surface area (Å²) in [6, 6.07) is 10.3. The van der Waals surface area contributed by atoms with E-state index in [1.165, 1.54) is 6.20 Å². The predicted molar refractivity (Wildman–Crippen MR) is 81.5 cm³/mol. The van der Waals surface area contributed by atoms with Gasteiger partial charge in [0.15, 0.2) is 6.61 Å². The quantitative estimate of drug-likeness (QED) is 0.682. The van der Waals surface area contributed by atoms with Gasteiger partial charge in [-0.3, -0.25) is 4.98 Å². The molecule has 0 aliphatic carbocycles. The zero-order valence-corrected chi connectivity index (χ0v) is 12.4. The van der Waals surface area contributed by atoms with E-state index in [1.54, 1.807) is 42.6 Å². The van der Waals surface area contributed by atoms with E-state index in [2.05, 4.69) is 9.97 Å². The number of fused-ring (bicyclic) bond motifs is 1. The number of ether oxygens (including phenoxy) is 1. The molecule has 1 aromatic carbocycles. The minimum absolute atomic E-state index is 0.112. The first-order chi connectivity index (χ1) is 11.0. The van der Waals surface area contributed by atoms with Gasteiger partial charge in [-0.05, 0) is 24.3 Å². The minimum Gasteiger partial charge on any atom is -0.468 e. The van der Waals surface area contributed by atoms with Crippen molar-refractivity contribution < 1.29 is 17.9 Å². The molecule has 0 saturated heterocycles. The fourth-order valence-corrected chi connectivity index (χ4v) is 2.49. The van der Waals surface area contributed by atoms with Crippen molar-refractivity contribution in [3.05, 3.63) is 53.8 Å². The number of aromatic nitrogens is 2. The van der Waals surface area contributed by atoms with Gasteiger partial charge in [-0.25, -0.2) is 4.98 Å². The van der Waals surface area contributed by atoms with Crippen molar-refractivity contribution in [2.45, 2.75) is 6.18 Å². The van der Waals surface area contributed by atoms with Crippen LogP contribution >= 0.6 is 11.6 Å². The molecule has 0 spiro atoms. The van der Waals surface area contributed by atoms with Crippen molar-refractivity contribution in [2.24, 2.45) is 0 Å². The van der Waals surface area contributed by atoms with Crippen LogP contribution in [0.2, 0.25) is 5.02 Å². The summed E-state index contributed by atoms with van der Waals surface area (Å²) in [5.74, 6) is -0.112. The van der Waals surface area contributed by atoms with E-state index in [4.69, 9.17) is 16.3 Å². The third-order valence-electron chi connectivity index (χ3n) is 3.14. The Hall–Kier alpha value is -2.34. The molecular weight excluding hydrogens is 329 g/mol. The second kappa shape index (κ2) is 6.04. The normalized spacial score (nSPS) is 11.7.